The number of halogens is 1. The monoisotopic (exact) mass is 361 g/mol. The Labute approximate surface area is 139 Å². The van der Waals surface area contributed by atoms with Crippen LogP contribution in [-0.2, 0) is 12.3 Å². The fraction of sp³-hybridized carbons (Fsp3) is 0.333. The highest BCUT2D eigenvalue weighted by Crippen LogP contribution is 2.29. The van der Waals surface area contributed by atoms with Crippen LogP contribution in [0, 0.1) is 6.92 Å². The van der Waals surface area contributed by atoms with Gasteiger partial charge in [0, 0.05) is 27.7 Å². The molecule has 0 bridgehead atoms. The molecule has 0 radical (unpaired) electrons. The lowest BCUT2D eigenvalue weighted by molar-refractivity contribution is 0.685. The maximum absolute atomic E-state index is 3.71. The quantitative estimate of drug-likeness (QED) is 0.700. The maximum Gasteiger partial charge on any atom is 0.0234 e. The molecule has 1 nitrogen and oxygen atoms in total. The number of thioether (sulfide) groups is 1. The van der Waals surface area contributed by atoms with Crippen LogP contribution >= 0.6 is 27.7 Å². The van der Waals surface area contributed by atoms with E-state index in [4.69, 9.17) is 0 Å². The van der Waals surface area contributed by atoms with Gasteiger partial charge in [0.15, 0.2) is 0 Å². The molecular formula is C18H20BrNS. The van der Waals surface area contributed by atoms with E-state index in [1.807, 2.05) is 11.8 Å². The Bertz CT molecular complexity index is 622. The molecular weight excluding hydrogens is 342 g/mol. The van der Waals surface area contributed by atoms with Crippen LogP contribution < -0.4 is 5.32 Å². The van der Waals surface area contributed by atoms with Crippen molar-refractivity contribution in [1.29, 1.82) is 0 Å². The SMILES string of the molecule is Cc1ccccc1CSc1ccc(CNC2CC2)c(Br)c1. The summed E-state index contributed by atoms with van der Waals surface area (Å²) in [6.07, 6.45) is 2.67. The van der Waals surface area contributed by atoms with E-state index in [1.54, 1.807) is 0 Å². The number of rotatable bonds is 6. The smallest absolute Gasteiger partial charge is 0.0234 e. The minimum atomic E-state index is 0.756. The van der Waals surface area contributed by atoms with Crippen molar-refractivity contribution < 1.29 is 0 Å². The number of nitrogens with one attached hydrogen (secondary N) is 1. The van der Waals surface area contributed by atoms with Gasteiger partial charge >= 0.3 is 0 Å². The first-order valence-corrected chi connectivity index (χ1v) is 9.19. The number of benzene rings is 2. The molecule has 1 aliphatic rings. The average Bonchev–Trinajstić information content (AvgIpc) is 3.30. The topological polar surface area (TPSA) is 12.0 Å². The van der Waals surface area contributed by atoms with Crippen molar-refractivity contribution in [3.8, 4) is 0 Å². The van der Waals surface area contributed by atoms with Crippen LogP contribution in [-0.4, -0.2) is 6.04 Å². The summed E-state index contributed by atoms with van der Waals surface area (Å²) >= 11 is 5.60. The van der Waals surface area contributed by atoms with Crippen LogP contribution in [0.3, 0.4) is 0 Å². The van der Waals surface area contributed by atoms with Crippen LogP contribution in [0.1, 0.15) is 29.5 Å². The van der Waals surface area contributed by atoms with E-state index in [1.165, 1.54) is 38.9 Å². The Kier molecular flexibility index (Phi) is 5.04. The van der Waals surface area contributed by atoms with Crippen LogP contribution in [0.25, 0.3) is 0 Å². The van der Waals surface area contributed by atoms with E-state index in [-0.39, 0.29) is 0 Å². The third-order valence-electron chi connectivity index (χ3n) is 3.84. The van der Waals surface area contributed by atoms with Gasteiger partial charge in [0.05, 0.1) is 0 Å². The summed E-state index contributed by atoms with van der Waals surface area (Å²) in [5.74, 6) is 1.03. The lowest BCUT2D eigenvalue weighted by Gasteiger charge is -2.09. The Balaban J connectivity index is 1.60. The number of hydrogen-bond donors (Lipinski definition) is 1. The lowest BCUT2D eigenvalue weighted by Crippen LogP contribution is -2.15. The number of hydrogen-bond acceptors (Lipinski definition) is 2. The van der Waals surface area contributed by atoms with E-state index >= 15 is 0 Å². The highest BCUT2D eigenvalue weighted by Gasteiger charge is 2.20. The van der Waals surface area contributed by atoms with Crippen LogP contribution in [0.5, 0.6) is 0 Å². The fourth-order valence-electron chi connectivity index (χ4n) is 2.24. The minimum absolute atomic E-state index is 0.756. The molecule has 2 aromatic rings. The summed E-state index contributed by atoms with van der Waals surface area (Å²) in [5.41, 5.74) is 4.13. The van der Waals surface area contributed by atoms with Gasteiger partial charge in [-0.05, 0) is 48.6 Å². The summed E-state index contributed by atoms with van der Waals surface area (Å²) in [6.45, 7) is 3.15. The predicted molar refractivity (Wildman–Crippen MR) is 94.7 cm³/mol. The molecule has 1 N–H and O–H groups in total. The van der Waals surface area contributed by atoms with Gasteiger partial charge in [-0.1, -0.05) is 46.3 Å². The van der Waals surface area contributed by atoms with Crippen molar-refractivity contribution in [3.05, 3.63) is 63.6 Å². The molecule has 1 aliphatic carbocycles. The standard InChI is InChI=1S/C18H20BrNS/c1-13-4-2-3-5-15(13)12-21-17-9-6-14(18(19)10-17)11-20-16-7-8-16/h2-6,9-10,16,20H,7-8,11-12H2,1H3. The van der Waals surface area contributed by atoms with Gasteiger partial charge in [-0.2, -0.15) is 0 Å². The van der Waals surface area contributed by atoms with E-state index in [9.17, 15) is 0 Å². The van der Waals surface area contributed by atoms with Crippen LogP contribution in [0.2, 0.25) is 0 Å². The molecule has 3 rings (SSSR count). The lowest BCUT2D eigenvalue weighted by atomic mass is 10.1. The van der Waals surface area contributed by atoms with Gasteiger partial charge in [-0.25, -0.2) is 0 Å². The van der Waals surface area contributed by atoms with E-state index < -0.39 is 0 Å². The first-order valence-electron chi connectivity index (χ1n) is 7.41. The zero-order valence-corrected chi connectivity index (χ0v) is 14.6. The van der Waals surface area contributed by atoms with Gasteiger partial charge in [0.1, 0.15) is 0 Å². The zero-order valence-electron chi connectivity index (χ0n) is 12.2. The van der Waals surface area contributed by atoms with Gasteiger partial charge in [0.2, 0.25) is 0 Å². The van der Waals surface area contributed by atoms with Gasteiger partial charge in [0.25, 0.3) is 0 Å². The Morgan fingerprint density at radius 2 is 1.95 bits per heavy atom. The van der Waals surface area contributed by atoms with Crippen molar-refractivity contribution in [2.24, 2.45) is 0 Å². The predicted octanol–water partition coefficient (Wildman–Crippen LogP) is 5.30. The summed E-state index contributed by atoms with van der Waals surface area (Å²) in [7, 11) is 0. The van der Waals surface area contributed by atoms with Gasteiger partial charge < -0.3 is 5.32 Å². The summed E-state index contributed by atoms with van der Waals surface area (Å²) in [5, 5.41) is 3.56. The molecule has 2 aromatic carbocycles. The van der Waals surface area contributed by atoms with Gasteiger partial charge in [-0.3, -0.25) is 0 Å². The molecule has 0 aliphatic heterocycles. The molecule has 0 spiro atoms. The molecule has 1 saturated carbocycles. The highest BCUT2D eigenvalue weighted by molar-refractivity contribution is 9.10. The fourth-order valence-corrected chi connectivity index (χ4v) is 3.92. The molecule has 21 heavy (non-hydrogen) atoms. The van der Waals surface area contributed by atoms with E-state index in [2.05, 4.69) is 70.6 Å². The first-order chi connectivity index (χ1) is 10.2. The van der Waals surface area contributed by atoms with Crippen molar-refractivity contribution in [2.75, 3.05) is 0 Å². The van der Waals surface area contributed by atoms with E-state index in [0.29, 0.717) is 0 Å². The zero-order chi connectivity index (χ0) is 14.7. The van der Waals surface area contributed by atoms with Crippen LogP contribution in [0.4, 0.5) is 0 Å². The second kappa shape index (κ2) is 6.99. The third-order valence-corrected chi connectivity index (χ3v) is 5.62. The Hall–Kier alpha value is -0.770. The van der Waals surface area contributed by atoms with Crippen molar-refractivity contribution in [3.63, 3.8) is 0 Å². The van der Waals surface area contributed by atoms with E-state index in [0.717, 1.165) is 18.3 Å². The highest BCUT2D eigenvalue weighted by atomic mass is 79.9. The molecule has 0 saturated heterocycles. The summed E-state index contributed by atoms with van der Waals surface area (Å²) < 4.78 is 1.21. The van der Waals surface area contributed by atoms with Crippen molar-refractivity contribution in [1.82, 2.24) is 5.32 Å². The Morgan fingerprint density at radius 3 is 2.67 bits per heavy atom. The molecule has 3 heteroatoms. The second-order valence-electron chi connectivity index (χ2n) is 5.62. The largest absolute Gasteiger partial charge is 0.310 e. The summed E-state index contributed by atoms with van der Waals surface area (Å²) in [6, 6.07) is 16.1. The Morgan fingerprint density at radius 1 is 1.14 bits per heavy atom. The summed E-state index contributed by atoms with van der Waals surface area (Å²) in [4.78, 5) is 1.32. The minimum Gasteiger partial charge on any atom is -0.310 e. The third kappa shape index (κ3) is 4.35. The molecule has 0 heterocycles. The van der Waals surface area contributed by atoms with Gasteiger partial charge in [-0.15, -0.1) is 11.8 Å². The second-order valence-corrected chi connectivity index (χ2v) is 7.53. The average molecular weight is 362 g/mol. The molecule has 0 amide bonds. The first kappa shape index (κ1) is 15.1. The van der Waals surface area contributed by atoms with Crippen molar-refractivity contribution >= 4 is 27.7 Å². The van der Waals surface area contributed by atoms with Crippen LogP contribution in [0.15, 0.2) is 51.8 Å². The molecule has 0 aromatic heterocycles. The molecule has 1 fully saturated rings. The molecule has 110 valence electrons. The normalized spacial score (nSPS) is 14.4. The maximum atomic E-state index is 3.71. The molecule has 0 unspecified atom stereocenters. The molecule has 0 atom stereocenters. The van der Waals surface area contributed by atoms with Crippen molar-refractivity contribution in [2.45, 2.75) is 43.0 Å². The number of aryl methyl sites for hydroxylation is 1.